The number of aliphatic hydroxyl groups excluding tert-OH is 1. The standard InChI is InChI=1S/C24H40O3/c1-21(2)15-11-8-6-4-3-5-7-9-14-18-23(25)19-24(26)27-20-22-16-12-10-13-17-22/h10,12-13,16-17,21,23,25H,3-9,11,14-15,18-20H2,1-2H3. The summed E-state index contributed by atoms with van der Waals surface area (Å²) in [5.74, 6) is 0.523. The molecule has 0 aliphatic heterocycles. The Morgan fingerprint density at radius 3 is 1.93 bits per heavy atom. The van der Waals surface area contributed by atoms with Gasteiger partial charge >= 0.3 is 5.97 Å². The summed E-state index contributed by atoms with van der Waals surface area (Å²) in [6.07, 6.45) is 13.0. The molecule has 0 aliphatic rings. The third kappa shape index (κ3) is 14.4. The van der Waals surface area contributed by atoms with Gasteiger partial charge in [0.1, 0.15) is 6.61 Å². The van der Waals surface area contributed by atoms with E-state index in [1.54, 1.807) is 0 Å². The quantitative estimate of drug-likeness (QED) is 0.267. The second kappa shape index (κ2) is 15.7. The first-order valence-electron chi connectivity index (χ1n) is 11.0. The zero-order chi connectivity index (χ0) is 19.7. The van der Waals surface area contributed by atoms with Crippen molar-refractivity contribution in [2.45, 2.75) is 104 Å². The van der Waals surface area contributed by atoms with E-state index >= 15 is 0 Å². The van der Waals surface area contributed by atoms with Crippen LogP contribution in [-0.2, 0) is 16.1 Å². The van der Waals surface area contributed by atoms with Gasteiger partial charge in [-0.3, -0.25) is 4.79 Å². The zero-order valence-corrected chi connectivity index (χ0v) is 17.5. The first-order chi connectivity index (χ1) is 13.1. The highest BCUT2D eigenvalue weighted by atomic mass is 16.5. The summed E-state index contributed by atoms with van der Waals surface area (Å²) in [7, 11) is 0. The van der Waals surface area contributed by atoms with Crippen molar-refractivity contribution < 1.29 is 14.6 Å². The predicted molar refractivity (Wildman–Crippen MR) is 112 cm³/mol. The van der Waals surface area contributed by atoms with Gasteiger partial charge in [-0.2, -0.15) is 0 Å². The van der Waals surface area contributed by atoms with Crippen LogP contribution in [0.5, 0.6) is 0 Å². The molecule has 0 fully saturated rings. The van der Waals surface area contributed by atoms with Crippen LogP contribution >= 0.6 is 0 Å². The lowest BCUT2D eigenvalue weighted by molar-refractivity contribution is -0.147. The highest BCUT2D eigenvalue weighted by molar-refractivity contribution is 5.69. The fourth-order valence-corrected chi connectivity index (χ4v) is 3.26. The van der Waals surface area contributed by atoms with Gasteiger partial charge in [-0.15, -0.1) is 0 Å². The molecule has 0 radical (unpaired) electrons. The Morgan fingerprint density at radius 2 is 1.37 bits per heavy atom. The summed E-state index contributed by atoms with van der Waals surface area (Å²) in [5, 5.41) is 9.98. The van der Waals surface area contributed by atoms with Crippen molar-refractivity contribution in [3.05, 3.63) is 35.9 Å². The van der Waals surface area contributed by atoms with Gasteiger partial charge in [0, 0.05) is 0 Å². The minimum absolute atomic E-state index is 0.100. The number of hydrogen-bond acceptors (Lipinski definition) is 3. The molecule has 154 valence electrons. The van der Waals surface area contributed by atoms with Gasteiger partial charge in [0.05, 0.1) is 12.5 Å². The Hall–Kier alpha value is -1.35. The molecule has 0 heterocycles. The molecule has 0 aliphatic carbocycles. The van der Waals surface area contributed by atoms with Crippen LogP contribution < -0.4 is 0 Å². The Bertz CT molecular complexity index is 470. The first kappa shape index (κ1) is 23.7. The molecule has 3 heteroatoms. The van der Waals surface area contributed by atoms with Crippen LogP contribution in [0.15, 0.2) is 30.3 Å². The molecule has 3 nitrogen and oxygen atoms in total. The molecule has 0 saturated heterocycles. The predicted octanol–water partition coefficient (Wildman–Crippen LogP) is 6.43. The van der Waals surface area contributed by atoms with E-state index in [4.69, 9.17) is 4.74 Å². The zero-order valence-electron chi connectivity index (χ0n) is 17.5. The lowest BCUT2D eigenvalue weighted by Gasteiger charge is -2.10. The summed E-state index contributed by atoms with van der Waals surface area (Å²) in [5.41, 5.74) is 0.972. The Labute approximate surface area is 166 Å². The number of esters is 1. The normalized spacial score (nSPS) is 12.3. The number of hydrogen-bond donors (Lipinski definition) is 1. The highest BCUT2D eigenvalue weighted by Gasteiger charge is 2.11. The van der Waals surface area contributed by atoms with Crippen LogP contribution in [-0.4, -0.2) is 17.2 Å². The van der Waals surface area contributed by atoms with Crippen molar-refractivity contribution in [1.29, 1.82) is 0 Å². The monoisotopic (exact) mass is 376 g/mol. The van der Waals surface area contributed by atoms with Gasteiger partial charge < -0.3 is 9.84 Å². The molecule has 1 aromatic carbocycles. The van der Waals surface area contributed by atoms with Gasteiger partial charge in [-0.25, -0.2) is 0 Å². The second-order valence-electron chi connectivity index (χ2n) is 8.16. The van der Waals surface area contributed by atoms with E-state index in [-0.39, 0.29) is 19.0 Å². The number of aliphatic hydroxyl groups is 1. The van der Waals surface area contributed by atoms with Crippen molar-refractivity contribution in [2.75, 3.05) is 0 Å². The number of carbonyl (C=O) groups excluding carboxylic acids is 1. The van der Waals surface area contributed by atoms with Crippen molar-refractivity contribution in [3.63, 3.8) is 0 Å². The highest BCUT2D eigenvalue weighted by Crippen LogP contribution is 2.14. The molecule has 1 aromatic rings. The molecule has 1 atom stereocenters. The average Bonchev–Trinajstić information content (AvgIpc) is 2.65. The van der Waals surface area contributed by atoms with Crippen LogP contribution in [0.1, 0.15) is 96.5 Å². The number of carbonyl (C=O) groups is 1. The van der Waals surface area contributed by atoms with Gasteiger partial charge in [-0.1, -0.05) is 108 Å². The molecular weight excluding hydrogens is 336 g/mol. The first-order valence-corrected chi connectivity index (χ1v) is 11.0. The van der Waals surface area contributed by atoms with Gasteiger partial charge in [0.2, 0.25) is 0 Å². The third-order valence-corrected chi connectivity index (χ3v) is 4.96. The molecule has 1 unspecified atom stereocenters. The smallest absolute Gasteiger partial charge is 0.308 e. The maximum Gasteiger partial charge on any atom is 0.308 e. The van der Waals surface area contributed by atoms with Crippen molar-refractivity contribution in [1.82, 2.24) is 0 Å². The van der Waals surface area contributed by atoms with Crippen LogP contribution in [0.4, 0.5) is 0 Å². The molecule has 0 bridgehead atoms. The molecule has 0 aromatic heterocycles. The van der Waals surface area contributed by atoms with Crippen LogP contribution in [0.25, 0.3) is 0 Å². The van der Waals surface area contributed by atoms with Gasteiger partial charge in [0.15, 0.2) is 0 Å². The van der Waals surface area contributed by atoms with E-state index in [0.29, 0.717) is 6.42 Å². The minimum atomic E-state index is -0.575. The Balaban J connectivity index is 1.89. The third-order valence-electron chi connectivity index (χ3n) is 4.96. The molecule has 0 amide bonds. The fourth-order valence-electron chi connectivity index (χ4n) is 3.26. The summed E-state index contributed by atoms with van der Waals surface area (Å²) in [4.78, 5) is 11.8. The van der Waals surface area contributed by atoms with Crippen LogP contribution in [0.3, 0.4) is 0 Å². The van der Waals surface area contributed by atoms with E-state index in [1.165, 1.54) is 51.4 Å². The maximum absolute atomic E-state index is 11.8. The van der Waals surface area contributed by atoms with Crippen LogP contribution in [0.2, 0.25) is 0 Å². The Morgan fingerprint density at radius 1 is 0.852 bits per heavy atom. The number of ether oxygens (including phenoxy) is 1. The SMILES string of the molecule is CC(C)CCCCCCCCCCCC(O)CC(=O)OCc1ccccc1. The van der Waals surface area contributed by atoms with E-state index < -0.39 is 6.10 Å². The topological polar surface area (TPSA) is 46.5 Å². The molecule has 0 spiro atoms. The largest absolute Gasteiger partial charge is 0.461 e. The van der Waals surface area contributed by atoms with Crippen molar-refractivity contribution >= 4 is 5.97 Å². The van der Waals surface area contributed by atoms with Crippen LogP contribution in [0, 0.1) is 5.92 Å². The summed E-state index contributed by atoms with van der Waals surface area (Å²) >= 11 is 0. The van der Waals surface area contributed by atoms with E-state index in [1.807, 2.05) is 30.3 Å². The van der Waals surface area contributed by atoms with E-state index in [9.17, 15) is 9.90 Å². The molecule has 0 saturated carbocycles. The van der Waals surface area contributed by atoms with Crippen molar-refractivity contribution in [2.24, 2.45) is 5.92 Å². The molecule has 1 rings (SSSR count). The number of rotatable bonds is 16. The van der Waals surface area contributed by atoms with E-state index in [2.05, 4.69) is 13.8 Å². The van der Waals surface area contributed by atoms with E-state index in [0.717, 1.165) is 24.3 Å². The molecular formula is C24H40O3. The maximum atomic E-state index is 11.8. The average molecular weight is 377 g/mol. The minimum Gasteiger partial charge on any atom is -0.461 e. The Kier molecular flexibility index (Phi) is 13.8. The van der Waals surface area contributed by atoms with Gasteiger partial charge in [0.25, 0.3) is 0 Å². The number of benzene rings is 1. The molecule has 1 N–H and O–H groups in total. The lowest BCUT2D eigenvalue weighted by Crippen LogP contribution is -2.15. The number of unbranched alkanes of at least 4 members (excludes halogenated alkanes) is 8. The second-order valence-corrected chi connectivity index (χ2v) is 8.16. The fraction of sp³-hybridized carbons (Fsp3) is 0.708. The molecule has 27 heavy (non-hydrogen) atoms. The summed E-state index contributed by atoms with van der Waals surface area (Å²) in [6, 6.07) is 9.63. The van der Waals surface area contributed by atoms with Gasteiger partial charge in [-0.05, 0) is 17.9 Å². The lowest BCUT2D eigenvalue weighted by atomic mass is 10.0. The summed E-state index contributed by atoms with van der Waals surface area (Å²) in [6.45, 7) is 4.87. The summed E-state index contributed by atoms with van der Waals surface area (Å²) < 4.78 is 5.21. The van der Waals surface area contributed by atoms with Crippen molar-refractivity contribution in [3.8, 4) is 0 Å².